The summed E-state index contributed by atoms with van der Waals surface area (Å²) in [6.07, 6.45) is 6.01. The summed E-state index contributed by atoms with van der Waals surface area (Å²) in [5, 5.41) is 5.41. The van der Waals surface area contributed by atoms with Gasteiger partial charge in [0, 0.05) is 39.2 Å². The standard InChI is InChI=1S/C27H30ClFN6O2S/c1-33(2)25(36)22-11-17-14-34(8-5-9-35(17)32-22)24-18-15-37-27(13-23(18)30-26(31-24)38-3)7-4-6-16-10-21(29)20(28)12-19(16)27/h10-12H,4-9,13-15H2,1-3H3. The maximum atomic E-state index is 14.3. The van der Waals surface area contributed by atoms with Crippen molar-refractivity contribution >= 4 is 35.1 Å². The molecule has 1 aromatic carbocycles. The van der Waals surface area contributed by atoms with Crippen LogP contribution in [0, 0.1) is 5.82 Å². The van der Waals surface area contributed by atoms with Gasteiger partial charge in [0.1, 0.15) is 11.6 Å². The van der Waals surface area contributed by atoms with Crippen molar-refractivity contribution in [2.45, 2.75) is 62.6 Å². The van der Waals surface area contributed by atoms with Crippen LogP contribution in [0.25, 0.3) is 0 Å². The number of thioether (sulfide) groups is 1. The molecule has 1 unspecified atom stereocenters. The first-order valence-electron chi connectivity index (χ1n) is 12.9. The number of benzene rings is 1. The van der Waals surface area contributed by atoms with E-state index < -0.39 is 5.60 Å². The molecule has 3 aromatic rings. The summed E-state index contributed by atoms with van der Waals surface area (Å²) < 4.78 is 22.9. The first-order chi connectivity index (χ1) is 18.3. The summed E-state index contributed by atoms with van der Waals surface area (Å²) in [4.78, 5) is 26.2. The molecule has 38 heavy (non-hydrogen) atoms. The molecule has 0 fully saturated rings. The van der Waals surface area contributed by atoms with Gasteiger partial charge in [0.05, 0.1) is 35.2 Å². The molecule has 1 atom stereocenters. The number of anilines is 1. The van der Waals surface area contributed by atoms with Gasteiger partial charge in [-0.15, -0.1) is 0 Å². The van der Waals surface area contributed by atoms with Crippen molar-refractivity contribution in [1.82, 2.24) is 24.6 Å². The fraction of sp³-hybridized carbons (Fsp3) is 0.481. The van der Waals surface area contributed by atoms with Crippen LogP contribution >= 0.6 is 23.4 Å². The minimum Gasteiger partial charge on any atom is -0.365 e. The van der Waals surface area contributed by atoms with Gasteiger partial charge in [0.2, 0.25) is 0 Å². The monoisotopic (exact) mass is 556 g/mol. The lowest BCUT2D eigenvalue weighted by molar-refractivity contribution is -0.0856. The van der Waals surface area contributed by atoms with Crippen LogP contribution in [-0.4, -0.2) is 57.5 Å². The average molecular weight is 557 g/mol. The second-order valence-corrected chi connectivity index (χ2v) is 11.6. The fourth-order valence-corrected chi connectivity index (χ4v) is 6.45. The number of nitrogens with zero attached hydrogens (tertiary/aromatic N) is 6. The van der Waals surface area contributed by atoms with Gasteiger partial charge in [0.15, 0.2) is 10.9 Å². The van der Waals surface area contributed by atoms with Gasteiger partial charge >= 0.3 is 0 Å². The third kappa shape index (κ3) is 4.36. The molecule has 1 spiro atoms. The SMILES string of the molecule is CSc1nc2c(c(N3CCCn4nc(C(=O)N(C)C)cc4C3)n1)COC1(CCCc3cc(F)c(Cl)cc31)C2. The molecule has 0 bridgehead atoms. The van der Waals surface area contributed by atoms with E-state index in [1.807, 2.05) is 17.0 Å². The van der Waals surface area contributed by atoms with E-state index in [0.29, 0.717) is 30.4 Å². The summed E-state index contributed by atoms with van der Waals surface area (Å²) in [5.74, 6) is 0.383. The molecule has 0 radical (unpaired) electrons. The summed E-state index contributed by atoms with van der Waals surface area (Å²) in [6.45, 7) is 2.51. The largest absolute Gasteiger partial charge is 0.365 e. The van der Waals surface area contributed by atoms with Crippen LogP contribution in [0.4, 0.5) is 10.2 Å². The Morgan fingerprint density at radius 1 is 1.21 bits per heavy atom. The second kappa shape index (κ2) is 9.81. The molecule has 8 nitrogen and oxygen atoms in total. The molecule has 200 valence electrons. The number of amides is 1. The number of hydrogen-bond donors (Lipinski definition) is 0. The zero-order chi connectivity index (χ0) is 26.6. The van der Waals surface area contributed by atoms with Crippen LogP contribution in [0.3, 0.4) is 0 Å². The highest BCUT2D eigenvalue weighted by Crippen LogP contribution is 2.47. The normalized spacial score (nSPS) is 20.5. The number of aryl methyl sites for hydroxylation is 2. The van der Waals surface area contributed by atoms with Crippen LogP contribution < -0.4 is 4.90 Å². The number of rotatable bonds is 3. The topological polar surface area (TPSA) is 76.4 Å². The number of hydrogen-bond acceptors (Lipinski definition) is 7. The summed E-state index contributed by atoms with van der Waals surface area (Å²) >= 11 is 7.74. The van der Waals surface area contributed by atoms with E-state index in [-0.39, 0.29) is 16.7 Å². The van der Waals surface area contributed by atoms with Gasteiger partial charge in [-0.1, -0.05) is 23.4 Å². The van der Waals surface area contributed by atoms with E-state index in [4.69, 9.17) is 26.3 Å². The molecule has 1 amide bonds. The first-order valence-corrected chi connectivity index (χ1v) is 14.5. The lowest BCUT2D eigenvalue weighted by Crippen LogP contribution is -2.40. The smallest absolute Gasteiger partial charge is 0.273 e. The van der Waals surface area contributed by atoms with E-state index in [0.717, 1.165) is 72.7 Å². The molecule has 1 aliphatic carbocycles. The van der Waals surface area contributed by atoms with Crippen molar-refractivity contribution in [2.75, 3.05) is 31.8 Å². The Hall–Kier alpha value is -2.69. The zero-order valence-corrected chi connectivity index (χ0v) is 23.3. The maximum absolute atomic E-state index is 14.3. The Labute approximate surface area is 230 Å². The van der Waals surface area contributed by atoms with Crippen LogP contribution in [0.1, 0.15) is 57.8 Å². The van der Waals surface area contributed by atoms with E-state index in [1.165, 1.54) is 11.8 Å². The highest BCUT2D eigenvalue weighted by molar-refractivity contribution is 7.98. The van der Waals surface area contributed by atoms with Gasteiger partial charge in [-0.05, 0) is 61.3 Å². The number of fused-ring (bicyclic) bond motifs is 4. The van der Waals surface area contributed by atoms with Crippen LogP contribution in [-0.2, 0) is 42.9 Å². The van der Waals surface area contributed by atoms with Gasteiger partial charge in [-0.2, -0.15) is 5.10 Å². The zero-order valence-electron chi connectivity index (χ0n) is 21.8. The van der Waals surface area contributed by atoms with Crippen LogP contribution in [0.15, 0.2) is 23.4 Å². The van der Waals surface area contributed by atoms with E-state index in [1.54, 1.807) is 31.1 Å². The Balaban J connectivity index is 1.37. The van der Waals surface area contributed by atoms with Crippen molar-refractivity contribution in [3.05, 3.63) is 62.8 Å². The second-order valence-electron chi connectivity index (χ2n) is 10.4. The minimum atomic E-state index is -0.571. The van der Waals surface area contributed by atoms with Crippen LogP contribution in [0.2, 0.25) is 5.02 Å². The third-order valence-corrected chi connectivity index (χ3v) is 8.62. The van der Waals surface area contributed by atoms with Crippen molar-refractivity contribution in [1.29, 1.82) is 0 Å². The lowest BCUT2D eigenvalue weighted by Gasteiger charge is -2.43. The van der Waals surface area contributed by atoms with Crippen LogP contribution in [0.5, 0.6) is 0 Å². The van der Waals surface area contributed by atoms with Gasteiger partial charge < -0.3 is 14.5 Å². The van der Waals surface area contributed by atoms with E-state index in [2.05, 4.69) is 10.00 Å². The number of carbonyl (C=O) groups excluding carboxylic acids is 1. The van der Waals surface area contributed by atoms with E-state index in [9.17, 15) is 9.18 Å². The van der Waals surface area contributed by atoms with E-state index >= 15 is 0 Å². The summed E-state index contributed by atoms with van der Waals surface area (Å²) in [6, 6.07) is 5.19. The Kier molecular flexibility index (Phi) is 6.60. The summed E-state index contributed by atoms with van der Waals surface area (Å²) in [5.41, 5.74) is 4.77. The first kappa shape index (κ1) is 25.6. The van der Waals surface area contributed by atoms with Gasteiger partial charge in [-0.3, -0.25) is 9.48 Å². The molecule has 0 saturated carbocycles. The molecule has 11 heteroatoms. The van der Waals surface area contributed by atoms with Crippen molar-refractivity contribution < 1.29 is 13.9 Å². The number of carbonyl (C=O) groups is 1. The Morgan fingerprint density at radius 3 is 2.84 bits per heavy atom. The molecule has 0 N–H and O–H groups in total. The molecule has 2 aliphatic heterocycles. The Bertz CT molecular complexity index is 1430. The molecule has 2 aromatic heterocycles. The van der Waals surface area contributed by atoms with Crippen molar-refractivity contribution in [3.63, 3.8) is 0 Å². The van der Waals surface area contributed by atoms with Gasteiger partial charge in [0.25, 0.3) is 5.91 Å². The number of aromatic nitrogens is 4. The minimum absolute atomic E-state index is 0.104. The fourth-order valence-electron chi connectivity index (χ4n) is 5.90. The molecule has 0 saturated heterocycles. The van der Waals surface area contributed by atoms with Gasteiger partial charge in [-0.25, -0.2) is 14.4 Å². The molecule has 6 rings (SSSR count). The Morgan fingerprint density at radius 2 is 2.05 bits per heavy atom. The molecular weight excluding hydrogens is 527 g/mol. The van der Waals surface area contributed by atoms with Crippen molar-refractivity contribution in [3.8, 4) is 0 Å². The molecule has 4 heterocycles. The number of halogens is 2. The highest BCUT2D eigenvalue weighted by atomic mass is 35.5. The van der Waals surface area contributed by atoms with Crippen molar-refractivity contribution in [2.24, 2.45) is 0 Å². The highest BCUT2D eigenvalue weighted by Gasteiger charge is 2.43. The third-order valence-electron chi connectivity index (χ3n) is 7.78. The maximum Gasteiger partial charge on any atom is 0.273 e. The quantitative estimate of drug-likeness (QED) is 0.344. The molecule has 3 aliphatic rings. The summed E-state index contributed by atoms with van der Waals surface area (Å²) in [7, 11) is 3.47. The average Bonchev–Trinajstić information content (AvgIpc) is 3.19. The lowest BCUT2D eigenvalue weighted by atomic mass is 9.75. The molecular formula is C27H30ClFN6O2S. The predicted octanol–water partition coefficient (Wildman–Crippen LogP) is 4.60. The number of ether oxygens (including phenoxy) is 1. The predicted molar refractivity (Wildman–Crippen MR) is 144 cm³/mol.